The standard InChI is InChI=1S/C10H10F3NO/c1-14-5-7(15)2-6-3-9(12)10(13)4-8(6)11/h3-4,14H,2,5H2,1H3. The molecule has 82 valence electrons. The maximum Gasteiger partial charge on any atom is 0.161 e. The van der Waals surface area contributed by atoms with Gasteiger partial charge >= 0.3 is 0 Å². The molecular formula is C10H10F3NO. The first-order valence-electron chi connectivity index (χ1n) is 4.34. The Balaban J connectivity index is 2.86. The Morgan fingerprint density at radius 1 is 1.20 bits per heavy atom. The minimum atomic E-state index is -1.25. The van der Waals surface area contributed by atoms with E-state index in [0.717, 1.165) is 0 Å². The number of Topliss-reactive ketones (excluding diaryl/α,β-unsaturated/α-hetero) is 1. The first-order valence-corrected chi connectivity index (χ1v) is 4.34. The Hall–Kier alpha value is -1.36. The zero-order chi connectivity index (χ0) is 11.4. The molecule has 5 heteroatoms. The summed E-state index contributed by atoms with van der Waals surface area (Å²) >= 11 is 0. The predicted octanol–water partition coefficient (Wildman–Crippen LogP) is 1.43. The molecule has 0 amide bonds. The maximum absolute atomic E-state index is 13.1. The van der Waals surface area contributed by atoms with Gasteiger partial charge in [0.15, 0.2) is 17.4 Å². The van der Waals surface area contributed by atoms with E-state index in [2.05, 4.69) is 5.32 Å². The molecule has 1 aromatic carbocycles. The van der Waals surface area contributed by atoms with Gasteiger partial charge in [-0.2, -0.15) is 0 Å². The minimum absolute atomic E-state index is 0.0679. The molecule has 0 saturated heterocycles. The van der Waals surface area contributed by atoms with Gasteiger partial charge in [-0.05, 0) is 18.7 Å². The third kappa shape index (κ3) is 3.06. The van der Waals surface area contributed by atoms with Gasteiger partial charge in [0.25, 0.3) is 0 Å². The Bertz CT molecular complexity index is 379. The lowest BCUT2D eigenvalue weighted by Gasteiger charge is -2.03. The number of nitrogens with one attached hydrogen (secondary N) is 1. The number of benzene rings is 1. The number of rotatable bonds is 4. The molecule has 0 saturated carbocycles. The number of carbonyl (C=O) groups is 1. The second-order valence-corrected chi connectivity index (χ2v) is 3.10. The highest BCUT2D eigenvalue weighted by Crippen LogP contribution is 2.14. The maximum atomic E-state index is 13.1. The lowest BCUT2D eigenvalue weighted by atomic mass is 10.1. The second kappa shape index (κ2) is 4.93. The summed E-state index contributed by atoms with van der Waals surface area (Å²) in [5.74, 6) is -3.60. The van der Waals surface area contributed by atoms with E-state index in [1.807, 2.05) is 0 Å². The van der Waals surface area contributed by atoms with Crippen LogP contribution in [0, 0.1) is 17.5 Å². The average molecular weight is 217 g/mol. The van der Waals surface area contributed by atoms with Gasteiger partial charge in [-0.1, -0.05) is 0 Å². The SMILES string of the molecule is CNCC(=O)Cc1cc(F)c(F)cc1F. The fourth-order valence-corrected chi connectivity index (χ4v) is 1.17. The molecule has 0 aromatic heterocycles. The summed E-state index contributed by atoms with van der Waals surface area (Å²) in [6.45, 7) is 0.0679. The highest BCUT2D eigenvalue weighted by Gasteiger charge is 2.12. The van der Waals surface area contributed by atoms with Crippen molar-refractivity contribution >= 4 is 5.78 Å². The first-order chi connectivity index (χ1) is 7.04. The zero-order valence-electron chi connectivity index (χ0n) is 8.11. The minimum Gasteiger partial charge on any atom is -0.313 e. The van der Waals surface area contributed by atoms with Gasteiger partial charge in [0.05, 0.1) is 6.54 Å². The van der Waals surface area contributed by atoms with Crippen molar-refractivity contribution in [3.63, 3.8) is 0 Å². The smallest absolute Gasteiger partial charge is 0.161 e. The number of carbonyl (C=O) groups excluding carboxylic acids is 1. The van der Waals surface area contributed by atoms with Crippen LogP contribution in [0.15, 0.2) is 12.1 Å². The largest absolute Gasteiger partial charge is 0.313 e. The molecule has 0 aliphatic carbocycles. The summed E-state index contributed by atoms with van der Waals surface area (Å²) < 4.78 is 38.3. The summed E-state index contributed by atoms with van der Waals surface area (Å²) in [5, 5.41) is 2.59. The van der Waals surface area contributed by atoms with Crippen LogP contribution >= 0.6 is 0 Å². The molecule has 0 aliphatic heterocycles. The van der Waals surface area contributed by atoms with Crippen LogP contribution in [0.4, 0.5) is 13.2 Å². The first kappa shape index (κ1) is 11.7. The van der Waals surface area contributed by atoms with Gasteiger partial charge in [-0.3, -0.25) is 4.79 Å². The van der Waals surface area contributed by atoms with Gasteiger partial charge in [0, 0.05) is 12.5 Å². The third-order valence-corrected chi connectivity index (χ3v) is 1.85. The van der Waals surface area contributed by atoms with Gasteiger partial charge in [0.1, 0.15) is 5.82 Å². The van der Waals surface area contributed by atoms with Crippen LogP contribution in [0.5, 0.6) is 0 Å². The number of halogens is 3. The van der Waals surface area contributed by atoms with Crippen molar-refractivity contribution in [1.82, 2.24) is 5.32 Å². The summed E-state index contributed by atoms with van der Waals surface area (Å²) in [4.78, 5) is 11.1. The molecule has 0 atom stereocenters. The highest BCUT2D eigenvalue weighted by atomic mass is 19.2. The van der Waals surface area contributed by atoms with E-state index in [0.29, 0.717) is 12.1 Å². The van der Waals surface area contributed by atoms with Gasteiger partial charge in [-0.25, -0.2) is 13.2 Å². The number of hydrogen-bond donors (Lipinski definition) is 1. The molecule has 2 nitrogen and oxygen atoms in total. The van der Waals surface area contributed by atoms with E-state index in [9.17, 15) is 18.0 Å². The highest BCUT2D eigenvalue weighted by molar-refractivity contribution is 5.82. The van der Waals surface area contributed by atoms with Crippen LogP contribution < -0.4 is 5.32 Å². The van der Waals surface area contributed by atoms with E-state index in [4.69, 9.17) is 0 Å². The topological polar surface area (TPSA) is 29.1 Å². The van der Waals surface area contributed by atoms with Crippen molar-refractivity contribution < 1.29 is 18.0 Å². The monoisotopic (exact) mass is 217 g/mol. The quantitative estimate of drug-likeness (QED) is 0.773. The van der Waals surface area contributed by atoms with Crippen LogP contribution in [-0.4, -0.2) is 19.4 Å². The van der Waals surface area contributed by atoms with Crippen molar-refractivity contribution in [3.05, 3.63) is 35.1 Å². The summed E-state index contributed by atoms with van der Waals surface area (Å²) in [6.07, 6.45) is -0.246. The van der Waals surface area contributed by atoms with Crippen molar-refractivity contribution in [3.8, 4) is 0 Å². The molecule has 1 rings (SSSR count). The molecule has 0 fully saturated rings. The van der Waals surface area contributed by atoms with Crippen LogP contribution in [0.25, 0.3) is 0 Å². The predicted molar refractivity (Wildman–Crippen MR) is 49.0 cm³/mol. The van der Waals surface area contributed by atoms with E-state index >= 15 is 0 Å². The fraction of sp³-hybridized carbons (Fsp3) is 0.300. The molecule has 1 N–H and O–H groups in total. The Kier molecular flexibility index (Phi) is 3.85. The normalized spacial score (nSPS) is 10.4. The summed E-state index contributed by atoms with van der Waals surface area (Å²) in [5.41, 5.74) is -0.130. The molecule has 0 heterocycles. The number of likely N-dealkylation sites (N-methyl/N-ethyl adjacent to an activating group) is 1. The fourth-order valence-electron chi connectivity index (χ4n) is 1.17. The molecule has 0 unspecified atom stereocenters. The number of ketones is 1. The summed E-state index contributed by atoms with van der Waals surface area (Å²) in [6, 6.07) is 1.15. The molecule has 15 heavy (non-hydrogen) atoms. The van der Waals surface area contributed by atoms with Gasteiger partial charge in [-0.15, -0.1) is 0 Å². The van der Waals surface area contributed by atoms with E-state index in [-0.39, 0.29) is 24.3 Å². The summed E-state index contributed by atoms with van der Waals surface area (Å²) in [7, 11) is 1.57. The van der Waals surface area contributed by atoms with Gasteiger partial charge < -0.3 is 5.32 Å². The Labute approximate surface area is 85.1 Å². The molecule has 0 radical (unpaired) electrons. The van der Waals surface area contributed by atoms with Crippen molar-refractivity contribution in [1.29, 1.82) is 0 Å². The lowest BCUT2D eigenvalue weighted by Crippen LogP contribution is -2.20. The second-order valence-electron chi connectivity index (χ2n) is 3.10. The van der Waals surface area contributed by atoms with E-state index in [1.54, 1.807) is 7.05 Å². The van der Waals surface area contributed by atoms with E-state index in [1.165, 1.54) is 0 Å². The molecule has 1 aromatic rings. The Morgan fingerprint density at radius 3 is 2.40 bits per heavy atom. The molecule has 0 bridgehead atoms. The lowest BCUT2D eigenvalue weighted by molar-refractivity contribution is -0.117. The van der Waals surface area contributed by atoms with Crippen LogP contribution in [0.2, 0.25) is 0 Å². The van der Waals surface area contributed by atoms with E-state index < -0.39 is 17.5 Å². The molecule has 0 aliphatic rings. The molecular weight excluding hydrogens is 207 g/mol. The van der Waals surface area contributed by atoms with Crippen LogP contribution in [-0.2, 0) is 11.2 Å². The Morgan fingerprint density at radius 2 is 1.80 bits per heavy atom. The van der Waals surface area contributed by atoms with Gasteiger partial charge in [0.2, 0.25) is 0 Å². The average Bonchev–Trinajstić information content (AvgIpc) is 2.14. The molecule has 0 spiro atoms. The van der Waals surface area contributed by atoms with Crippen molar-refractivity contribution in [2.24, 2.45) is 0 Å². The third-order valence-electron chi connectivity index (χ3n) is 1.85. The number of hydrogen-bond acceptors (Lipinski definition) is 2. The zero-order valence-corrected chi connectivity index (χ0v) is 8.11. The van der Waals surface area contributed by atoms with Crippen molar-refractivity contribution in [2.75, 3.05) is 13.6 Å². The van der Waals surface area contributed by atoms with Crippen molar-refractivity contribution in [2.45, 2.75) is 6.42 Å². The van der Waals surface area contributed by atoms with Crippen LogP contribution in [0.1, 0.15) is 5.56 Å². The van der Waals surface area contributed by atoms with Crippen LogP contribution in [0.3, 0.4) is 0 Å².